The fourth-order valence-electron chi connectivity index (χ4n) is 2.33. The second-order valence-corrected chi connectivity index (χ2v) is 5.33. The number of carbonyl (C=O) groups excluding carboxylic acids is 1. The topological polar surface area (TPSA) is 35.6 Å². The van der Waals surface area contributed by atoms with Crippen molar-refractivity contribution in [3.8, 4) is 0 Å². The van der Waals surface area contributed by atoms with E-state index in [0.717, 1.165) is 32.6 Å². The van der Waals surface area contributed by atoms with Crippen molar-refractivity contribution in [3.63, 3.8) is 0 Å². The molecule has 1 atom stereocenters. The average Bonchev–Trinajstić information content (AvgIpc) is 2.40. The molecule has 4 heteroatoms. The third-order valence-electron chi connectivity index (χ3n) is 3.55. The first-order valence-electron chi connectivity index (χ1n) is 6.93. The van der Waals surface area contributed by atoms with E-state index >= 15 is 0 Å². The molecule has 1 saturated heterocycles. The van der Waals surface area contributed by atoms with Crippen LogP contribution in [0.4, 0.5) is 4.79 Å². The Balaban J connectivity index is 1.78. The van der Waals surface area contributed by atoms with Crippen LogP contribution in [0.1, 0.15) is 12.5 Å². The molecule has 0 saturated carbocycles. The first-order valence-corrected chi connectivity index (χ1v) is 6.93. The molecule has 1 fully saturated rings. The number of piperazine rings is 1. The van der Waals surface area contributed by atoms with Gasteiger partial charge in [0.15, 0.2) is 0 Å². The van der Waals surface area contributed by atoms with Crippen molar-refractivity contribution in [1.29, 1.82) is 0 Å². The summed E-state index contributed by atoms with van der Waals surface area (Å²) in [5.74, 6) is 0. The van der Waals surface area contributed by atoms with Crippen LogP contribution in [-0.2, 0) is 6.42 Å². The number of likely N-dealkylation sites (N-methyl/N-ethyl adjacent to an activating group) is 1. The molecule has 4 nitrogen and oxygen atoms in total. The predicted molar refractivity (Wildman–Crippen MR) is 77.2 cm³/mol. The summed E-state index contributed by atoms with van der Waals surface area (Å²) < 4.78 is 0. The molecule has 1 aliphatic heterocycles. The van der Waals surface area contributed by atoms with E-state index < -0.39 is 0 Å². The molecular weight excluding hydrogens is 238 g/mol. The van der Waals surface area contributed by atoms with Crippen LogP contribution >= 0.6 is 0 Å². The monoisotopic (exact) mass is 261 g/mol. The minimum atomic E-state index is 0.0662. The summed E-state index contributed by atoms with van der Waals surface area (Å²) in [6.07, 6.45) is 0.875. The van der Waals surface area contributed by atoms with Crippen molar-refractivity contribution in [1.82, 2.24) is 15.1 Å². The van der Waals surface area contributed by atoms with Crippen LogP contribution < -0.4 is 5.32 Å². The number of urea groups is 1. The second-order valence-electron chi connectivity index (χ2n) is 5.33. The van der Waals surface area contributed by atoms with Gasteiger partial charge < -0.3 is 15.1 Å². The lowest BCUT2D eigenvalue weighted by Gasteiger charge is -2.33. The number of hydrogen-bond acceptors (Lipinski definition) is 2. The van der Waals surface area contributed by atoms with Crippen LogP contribution in [0.2, 0.25) is 0 Å². The first-order chi connectivity index (χ1) is 9.15. The van der Waals surface area contributed by atoms with E-state index in [0.29, 0.717) is 0 Å². The van der Waals surface area contributed by atoms with Gasteiger partial charge in [-0.1, -0.05) is 30.3 Å². The highest BCUT2D eigenvalue weighted by Crippen LogP contribution is 2.04. The van der Waals surface area contributed by atoms with Gasteiger partial charge >= 0.3 is 6.03 Å². The fourth-order valence-corrected chi connectivity index (χ4v) is 2.33. The smallest absolute Gasteiger partial charge is 0.317 e. The summed E-state index contributed by atoms with van der Waals surface area (Å²) in [6, 6.07) is 10.5. The van der Waals surface area contributed by atoms with Gasteiger partial charge in [-0.05, 0) is 26.0 Å². The first kappa shape index (κ1) is 13.9. The van der Waals surface area contributed by atoms with E-state index in [2.05, 4.69) is 36.3 Å². The standard InChI is InChI=1S/C15H23N3O/c1-13(12-14-6-4-3-5-7-14)16-15(19)18-10-8-17(2)9-11-18/h3-7,13H,8-12H2,1-2H3,(H,16,19). The van der Waals surface area contributed by atoms with E-state index in [1.807, 2.05) is 23.1 Å². The van der Waals surface area contributed by atoms with Crippen molar-refractivity contribution in [2.24, 2.45) is 0 Å². The molecule has 19 heavy (non-hydrogen) atoms. The summed E-state index contributed by atoms with van der Waals surface area (Å²) in [5, 5.41) is 3.08. The lowest BCUT2D eigenvalue weighted by atomic mass is 10.1. The van der Waals surface area contributed by atoms with Gasteiger partial charge in [-0.15, -0.1) is 0 Å². The Morgan fingerprint density at radius 1 is 1.21 bits per heavy atom. The molecule has 0 bridgehead atoms. The number of rotatable bonds is 3. The van der Waals surface area contributed by atoms with Crippen LogP contribution in [0.3, 0.4) is 0 Å². The molecule has 0 radical (unpaired) electrons. The summed E-state index contributed by atoms with van der Waals surface area (Å²) in [7, 11) is 2.09. The van der Waals surface area contributed by atoms with Gasteiger partial charge in [-0.25, -0.2) is 4.79 Å². The lowest BCUT2D eigenvalue weighted by molar-refractivity contribution is 0.152. The number of amides is 2. The molecule has 1 N–H and O–H groups in total. The highest BCUT2D eigenvalue weighted by molar-refractivity contribution is 5.74. The lowest BCUT2D eigenvalue weighted by Crippen LogP contribution is -2.52. The molecule has 1 unspecified atom stereocenters. The molecule has 0 spiro atoms. The van der Waals surface area contributed by atoms with Crippen LogP contribution in [0, 0.1) is 0 Å². The van der Waals surface area contributed by atoms with Crippen LogP contribution in [0.25, 0.3) is 0 Å². The molecule has 2 amide bonds. The summed E-state index contributed by atoms with van der Waals surface area (Å²) in [4.78, 5) is 16.3. The normalized spacial score (nSPS) is 18.1. The summed E-state index contributed by atoms with van der Waals surface area (Å²) in [6.45, 7) is 5.61. The zero-order chi connectivity index (χ0) is 13.7. The van der Waals surface area contributed by atoms with Crippen molar-refractivity contribution in [2.45, 2.75) is 19.4 Å². The van der Waals surface area contributed by atoms with Gasteiger partial charge in [-0.2, -0.15) is 0 Å². The Kier molecular flexibility index (Phi) is 4.80. The fraction of sp³-hybridized carbons (Fsp3) is 0.533. The molecule has 1 heterocycles. The number of benzene rings is 1. The van der Waals surface area contributed by atoms with E-state index in [-0.39, 0.29) is 12.1 Å². The average molecular weight is 261 g/mol. The summed E-state index contributed by atoms with van der Waals surface area (Å²) >= 11 is 0. The molecular formula is C15H23N3O. The van der Waals surface area contributed by atoms with Crippen molar-refractivity contribution in [2.75, 3.05) is 33.2 Å². The Morgan fingerprint density at radius 3 is 2.47 bits per heavy atom. The largest absolute Gasteiger partial charge is 0.335 e. The maximum Gasteiger partial charge on any atom is 0.317 e. The Labute approximate surface area is 115 Å². The van der Waals surface area contributed by atoms with Crippen molar-refractivity contribution >= 4 is 6.03 Å². The van der Waals surface area contributed by atoms with Gasteiger partial charge in [-0.3, -0.25) is 0 Å². The van der Waals surface area contributed by atoms with Crippen LogP contribution in [0.5, 0.6) is 0 Å². The van der Waals surface area contributed by atoms with Crippen LogP contribution in [0.15, 0.2) is 30.3 Å². The Hall–Kier alpha value is -1.55. The van der Waals surface area contributed by atoms with Gasteiger partial charge in [0.2, 0.25) is 0 Å². The molecule has 1 aliphatic rings. The van der Waals surface area contributed by atoms with Crippen LogP contribution in [-0.4, -0.2) is 55.1 Å². The van der Waals surface area contributed by atoms with Gasteiger partial charge in [0.1, 0.15) is 0 Å². The highest BCUT2D eigenvalue weighted by Gasteiger charge is 2.19. The minimum Gasteiger partial charge on any atom is -0.335 e. The predicted octanol–water partition coefficient (Wildman–Crippen LogP) is 1.57. The minimum absolute atomic E-state index is 0.0662. The third kappa shape index (κ3) is 4.24. The maximum absolute atomic E-state index is 12.1. The molecule has 0 aromatic heterocycles. The Morgan fingerprint density at radius 2 is 1.84 bits per heavy atom. The number of nitrogens with zero attached hydrogens (tertiary/aromatic N) is 2. The van der Waals surface area contributed by atoms with Gasteiger partial charge in [0, 0.05) is 32.2 Å². The third-order valence-corrected chi connectivity index (χ3v) is 3.55. The molecule has 104 valence electrons. The zero-order valence-electron chi connectivity index (χ0n) is 11.8. The van der Waals surface area contributed by atoms with E-state index in [1.54, 1.807) is 0 Å². The quantitative estimate of drug-likeness (QED) is 0.896. The van der Waals surface area contributed by atoms with Crippen molar-refractivity contribution < 1.29 is 4.79 Å². The second kappa shape index (κ2) is 6.57. The van der Waals surface area contributed by atoms with E-state index in [1.165, 1.54) is 5.56 Å². The zero-order valence-corrected chi connectivity index (χ0v) is 11.8. The summed E-state index contributed by atoms with van der Waals surface area (Å²) in [5.41, 5.74) is 1.26. The number of nitrogens with one attached hydrogen (secondary N) is 1. The number of carbonyl (C=O) groups is 1. The highest BCUT2D eigenvalue weighted by atomic mass is 16.2. The SMILES string of the molecule is CC(Cc1ccccc1)NC(=O)N1CCN(C)CC1. The maximum atomic E-state index is 12.1. The van der Waals surface area contributed by atoms with E-state index in [9.17, 15) is 4.79 Å². The molecule has 1 aromatic carbocycles. The van der Waals surface area contributed by atoms with Gasteiger partial charge in [0.05, 0.1) is 0 Å². The molecule has 2 rings (SSSR count). The Bertz CT molecular complexity index is 399. The molecule has 0 aliphatic carbocycles. The van der Waals surface area contributed by atoms with Crippen molar-refractivity contribution in [3.05, 3.63) is 35.9 Å². The van der Waals surface area contributed by atoms with Gasteiger partial charge in [0.25, 0.3) is 0 Å². The van der Waals surface area contributed by atoms with E-state index in [4.69, 9.17) is 0 Å². The number of hydrogen-bond donors (Lipinski definition) is 1. The molecule has 1 aromatic rings.